The van der Waals surface area contributed by atoms with E-state index in [1.54, 1.807) is 11.6 Å². The van der Waals surface area contributed by atoms with Gasteiger partial charge in [-0.25, -0.2) is 9.37 Å². The van der Waals surface area contributed by atoms with E-state index >= 15 is 0 Å². The van der Waals surface area contributed by atoms with Crippen LogP contribution in [0.5, 0.6) is 0 Å². The summed E-state index contributed by atoms with van der Waals surface area (Å²) in [7, 11) is 0. The summed E-state index contributed by atoms with van der Waals surface area (Å²) in [4.78, 5) is 4.14. The lowest BCUT2D eigenvalue weighted by Crippen LogP contribution is -2.23. The van der Waals surface area contributed by atoms with Crippen LogP contribution >= 0.6 is 11.3 Å². The molecule has 0 fully saturated rings. The average molecular weight is 318 g/mol. The lowest BCUT2D eigenvalue weighted by molar-refractivity contribution is -0.140. The molecule has 0 radical (unpaired) electrons. The fraction of sp³-hybridized carbons (Fsp3) is 0.357. The Labute approximate surface area is 123 Å². The maximum atomic E-state index is 13.4. The Kier molecular flexibility index (Phi) is 4.95. The van der Waals surface area contributed by atoms with Gasteiger partial charge in [-0.2, -0.15) is 13.2 Å². The highest BCUT2D eigenvalue weighted by molar-refractivity contribution is 7.09. The van der Waals surface area contributed by atoms with Gasteiger partial charge in [0.1, 0.15) is 10.8 Å². The van der Waals surface area contributed by atoms with Gasteiger partial charge in [-0.05, 0) is 30.7 Å². The molecule has 1 N–H and O–H groups in total. The van der Waals surface area contributed by atoms with Crippen molar-refractivity contribution in [2.75, 3.05) is 6.54 Å². The van der Waals surface area contributed by atoms with Gasteiger partial charge in [-0.1, -0.05) is 13.0 Å². The Bertz CT molecular complexity index is 581. The van der Waals surface area contributed by atoms with Gasteiger partial charge in [0, 0.05) is 11.6 Å². The van der Waals surface area contributed by atoms with Crippen molar-refractivity contribution in [3.05, 3.63) is 51.7 Å². The largest absolute Gasteiger partial charge is 0.419 e. The van der Waals surface area contributed by atoms with E-state index in [0.717, 1.165) is 18.6 Å². The molecule has 0 saturated carbocycles. The first-order chi connectivity index (χ1) is 9.93. The molecule has 21 heavy (non-hydrogen) atoms. The minimum absolute atomic E-state index is 0.354. The highest BCUT2D eigenvalue weighted by atomic mass is 32.1. The Balaban J connectivity index is 2.41. The van der Waals surface area contributed by atoms with Crippen LogP contribution in [0.2, 0.25) is 0 Å². The zero-order valence-electron chi connectivity index (χ0n) is 11.2. The summed E-state index contributed by atoms with van der Waals surface area (Å²) in [6.45, 7) is 2.58. The van der Waals surface area contributed by atoms with E-state index in [9.17, 15) is 17.6 Å². The molecule has 0 bridgehead atoms. The van der Waals surface area contributed by atoms with E-state index in [-0.39, 0.29) is 0 Å². The molecule has 1 heterocycles. The normalized spacial score (nSPS) is 13.4. The second-order valence-corrected chi connectivity index (χ2v) is 5.42. The molecule has 114 valence electrons. The van der Waals surface area contributed by atoms with Gasteiger partial charge < -0.3 is 5.32 Å². The summed E-state index contributed by atoms with van der Waals surface area (Å²) in [6.07, 6.45) is -2.29. The van der Waals surface area contributed by atoms with Crippen LogP contribution in [0.3, 0.4) is 0 Å². The number of hydrogen-bond acceptors (Lipinski definition) is 3. The zero-order chi connectivity index (χ0) is 15.5. The Morgan fingerprint density at radius 2 is 2.10 bits per heavy atom. The van der Waals surface area contributed by atoms with Crippen molar-refractivity contribution in [2.24, 2.45) is 0 Å². The number of halogens is 4. The van der Waals surface area contributed by atoms with Crippen LogP contribution < -0.4 is 5.32 Å². The molecule has 0 aliphatic carbocycles. The number of rotatable bonds is 5. The second-order valence-electron chi connectivity index (χ2n) is 4.49. The monoisotopic (exact) mass is 318 g/mol. The molecular formula is C14H14F4N2S. The maximum Gasteiger partial charge on any atom is 0.419 e. The summed E-state index contributed by atoms with van der Waals surface area (Å²) < 4.78 is 51.8. The molecule has 2 rings (SSSR count). The van der Waals surface area contributed by atoms with E-state index in [2.05, 4.69) is 10.3 Å². The Morgan fingerprint density at radius 3 is 2.67 bits per heavy atom. The van der Waals surface area contributed by atoms with Crippen molar-refractivity contribution in [2.45, 2.75) is 25.6 Å². The number of alkyl halides is 3. The van der Waals surface area contributed by atoms with Crippen molar-refractivity contribution < 1.29 is 17.6 Å². The summed E-state index contributed by atoms with van der Waals surface area (Å²) in [5.41, 5.74) is -0.896. The van der Waals surface area contributed by atoms with Gasteiger partial charge in [-0.15, -0.1) is 11.3 Å². The first kappa shape index (κ1) is 15.9. The summed E-state index contributed by atoms with van der Waals surface area (Å²) in [5, 5.41) is 5.55. The fourth-order valence-corrected chi connectivity index (χ4v) is 2.69. The molecule has 0 aliphatic rings. The predicted octanol–water partition coefficient (Wildman–Crippen LogP) is 4.39. The topological polar surface area (TPSA) is 24.9 Å². The lowest BCUT2D eigenvalue weighted by Gasteiger charge is -2.18. The van der Waals surface area contributed by atoms with E-state index < -0.39 is 23.6 Å². The molecule has 0 aliphatic heterocycles. The van der Waals surface area contributed by atoms with Crippen LogP contribution in [-0.2, 0) is 6.18 Å². The van der Waals surface area contributed by atoms with Gasteiger partial charge in [0.25, 0.3) is 0 Å². The number of aromatic nitrogens is 1. The third-order valence-electron chi connectivity index (χ3n) is 2.93. The third kappa shape index (κ3) is 3.79. The van der Waals surface area contributed by atoms with Crippen LogP contribution in [0.25, 0.3) is 0 Å². The predicted molar refractivity (Wildman–Crippen MR) is 73.7 cm³/mol. The van der Waals surface area contributed by atoms with Gasteiger partial charge in [-0.3, -0.25) is 0 Å². The number of nitrogens with zero attached hydrogens (tertiary/aromatic N) is 1. The number of benzene rings is 1. The van der Waals surface area contributed by atoms with Gasteiger partial charge in [0.15, 0.2) is 0 Å². The third-order valence-corrected chi connectivity index (χ3v) is 3.77. The van der Waals surface area contributed by atoms with Crippen molar-refractivity contribution in [3.8, 4) is 0 Å². The Hall–Kier alpha value is -1.47. The molecule has 7 heteroatoms. The molecule has 0 spiro atoms. The minimum atomic E-state index is -4.71. The van der Waals surface area contributed by atoms with Crippen LogP contribution in [0.1, 0.15) is 35.5 Å². The minimum Gasteiger partial charge on any atom is -0.304 e. The van der Waals surface area contributed by atoms with E-state index in [1.807, 2.05) is 6.92 Å². The molecule has 0 saturated heterocycles. The summed E-state index contributed by atoms with van der Waals surface area (Å²) >= 11 is 1.35. The van der Waals surface area contributed by atoms with Crippen molar-refractivity contribution in [1.82, 2.24) is 10.3 Å². The highest BCUT2D eigenvalue weighted by Gasteiger charge is 2.35. The van der Waals surface area contributed by atoms with Crippen LogP contribution in [0.4, 0.5) is 17.6 Å². The molecule has 1 aromatic heterocycles. The molecule has 2 nitrogen and oxygen atoms in total. The molecule has 2 aromatic rings. The van der Waals surface area contributed by atoms with Crippen LogP contribution in [0, 0.1) is 5.82 Å². The van der Waals surface area contributed by atoms with Gasteiger partial charge in [0.05, 0.1) is 11.6 Å². The first-order valence-electron chi connectivity index (χ1n) is 6.43. The van der Waals surface area contributed by atoms with Crippen LogP contribution in [-0.4, -0.2) is 11.5 Å². The standard InChI is InChI=1S/C14H14F4N2S/c1-2-5-19-12(13-20-6-7-21-13)9-3-4-11(15)10(8-9)14(16,17)18/h3-4,6-8,12,19H,2,5H2,1H3. The van der Waals surface area contributed by atoms with E-state index in [1.165, 1.54) is 17.4 Å². The summed E-state index contributed by atoms with van der Waals surface area (Å²) in [6, 6.07) is 2.60. The number of thiazole rings is 1. The maximum absolute atomic E-state index is 13.4. The van der Waals surface area contributed by atoms with Crippen LogP contribution in [0.15, 0.2) is 29.8 Å². The van der Waals surface area contributed by atoms with Gasteiger partial charge in [0.2, 0.25) is 0 Å². The van der Waals surface area contributed by atoms with Crippen molar-refractivity contribution >= 4 is 11.3 Å². The molecule has 0 amide bonds. The molecule has 1 unspecified atom stereocenters. The number of nitrogens with one attached hydrogen (secondary N) is 1. The fourth-order valence-electron chi connectivity index (χ4n) is 1.95. The lowest BCUT2D eigenvalue weighted by atomic mass is 10.0. The molecule has 1 atom stereocenters. The highest BCUT2D eigenvalue weighted by Crippen LogP contribution is 2.34. The quantitative estimate of drug-likeness (QED) is 0.827. The van der Waals surface area contributed by atoms with E-state index in [4.69, 9.17) is 0 Å². The average Bonchev–Trinajstić information content (AvgIpc) is 2.93. The smallest absolute Gasteiger partial charge is 0.304 e. The SMILES string of the molecule is CCCNC(c1ccc(F)c(C(F)(F)F)c1)c1nccs1. The molecule has 1 aromatic carbocycles. The zero-order valence-corrected chi connectivity index (χ0v) is 12.1. The van der Waals surface area contributed by atoms with Crippen molar-refractivity contribution in [1.29, 1.82) is 0 Å². The Morgan fingerprint density at radius 1 is 1.33 bits per heavy atom. The van der Waals surface area contributed by atoms with E-state index in [0.29, 0.717) is 17.1 Å². The first-order valence-corrected chi connectivity index (χ1v) is 7.31. The second kappa shape index (κ2) is 6.53. The summed E-state index contributed by atoms with van der Waals surface area (Å²) in [5.74, 6) is -1.26. The van der Waals surface area contributed by atoms with Gasteiger partial charge >= 0.3 is 6.18 Å². The molecular weight excluding hydrogens is 304 g/mol. The van der Waals surface area contributed by atoms with Crippen molar-refractivity contribution in [3.63, 3.8) is 0 Å². The number of hydrogen-bond donors (Lipinski definition) is 1.